The highest BCUT2D eigenvalue weighted by molar-refractivity contribution is 7.92. The van der Waals surface area contributed by atoms with Gasteiger partial charge in [0.25, 0.3) is 11.8 Å². The van der Waals surface area contributed by atoms with Crippen LogP contribution < -0.4 is 32.4 Å². The van der Waals surface area contributed by atoms with Gasteiger partial charge in [-0.25, -0.2) is 35.8 Å². The fourth-order valence-electron chi connectivity index (χ4n) is 7.83. The normalized spacial score (nSPS) is 15.9. The minimum absolute atomic E-state index is 0. The molecule has 28 heteroatoms. The molecule has 0 bridgehead atoms. The summed E-state index contributed by atoms with van der Waals surface area (Å²) >= 11 is 18.4. The molecular weight excluding hydrogens is 1030 g/mol. The molecular formula is C42H52Cl4N16O6S2. The van der Waals surface area contributed by atoms with Crippen LogP contribution in [0, 0.1) is 19.3 Å². The van der Waals surface area contributed by atoms with Crippen LogP contribution in [0.1, 0.15) is 93.8 Å². The molecule has 0 spiro atoms. The van der Waals surface area contributed by atoms with Gasteiger partial charge in [0.2, 0.25) is 20.0 Å². The molecule has 11 N–H and O–H groups in total. The molecule has 376 valence electrons. The van der Waals surface area contributed by atoms with Gasteiger partial charge in [-0.15, -0.1) is 12.4 Å². The second-order valence-corrected chi connectivity index (χ2v) is 21.1. The van der Waals surface area contributed by atoms with Gasteiger partial charge in [0, 0.05) is 58.8 Å². The van der Waals surface area contributed by atoms with Gasteiger partial charge in [0.15, 0.2) is 29.0 Å². The lowest BCUT2D eigenvalue weighted by Gasteiger charge is -2.35. The summed E-state index contributed by atoms with van der Waals surface area (Å²) in [6.07, 6.45) is 10.6. The molecule has 0 unspecified atom stereocenters. The number of amides is 2. The van der Waals surface area contributed by atoms with Crippen LogP contribution in [-0.2, 0) is 20.0 Å². The molecule has 0 radical (unpaired) electrons. The topological polar surface area (TPSA) is 334 Å². The molecule has 2 aliphatic heterocycles. The first-order chi connectivity index (χ1) is 32.4. The molecule has 8 rings (SSSR count). The monoisotopic (exact) mass is 1080 g/mol. The fourth-order valence-corrected chi connectivity index (χ4v) is 9.46. The summed E-state index contributed by atoms with van der Waals surface area (Å²) in [6.45, 7) is 4.69. The molecule has 2 aliphatic rings. The Morgan fingerprint density at radius 1 is 0.686 bits per heavy atom. The third kappa shape index (κ3) is 14.0. The molecule has 6 heterocycles. The first-order valence-electron chi connectivity index (χ1n) is 21.1. The van der Waals surface area contributed by atoms with Gasteiger partial charge in [-0.2, -0.15) is 15.2 Å². The smallest absolute Gasteiger partial charge is 0.256 e. The van der Waals surface area contributed by atoms with Gasteiger partial charge in [0.1, 0.15) is 5.15 Å². The van der Waals surface area contributed by atoms with Crippen molar-refractivity contribution in [2.45, 2.75) is 64.5 Å². The third-order valence-corrected chi connectivity index (χ3v) is 12.7. The number of nitrogens with zero attached hydrogens (tertiary/aromatic N) is 9. The molecule has 70 heavy (non-hydrogen) atoms. The van der Waals surface area contributed by atoms with Crippen LogP contribution >= 0.6 is 47.2 Å². The quantitative estimate of drug-likeness (QED) is 0.0521. The number of piperidine rings is 2. The van der Waals surface area contributed by atoms with E-state index in [2.05, 4.69) is 46.1 Å². The molecule has 4 aromatic heterocycles. The zero-order valence-electron chi connectivity index (χ0n) is 38.2. The van der Waals surface area contributed by atoms with Crippen molar-refractivity contribution in [3.63, 3.8) is 0 Å². The minimum Gasteiger partial charge on any atom is -0.370 e. The molecule has 22 nitrogen and oxygen atoms in total. The van der Waals surface area contributed by atoms with Gasteiger partial charge in [0.05, 0.1) is 58.5 Å². The van der Waals surface area contributed by atoms with Crippen molar-refractivity contribution >= 4 is 119 Å². The number of nitrogens with two attached hydrogens (primary N) is 4. The van der Waals surface area contributed by atoms with Crippen LogP contribution in [0.4, 0.5) is 17.2 Å². The Morgan fingerprint density at radius 2 is 1.10 bits per heavy atom. The number of hydrogen-bond donors (Lipinski definition) is 7. The van der Waals surface area contributed by atoms with Crippen LogP contribution in [0.3, 0.4) is 0 Å². The second-order valence-electron chi connectivity index (χ2n) is 16.3. The molecule has 2 amide bonds. The maximum atomic E-state index is 13.6. The van der Waals surface area contributed by atoms with E-state index in [0.717, 1.165) is 55.7 Å². The van der Waals surface area contributed by atoms with Crippen LogP contribution in [0.2, 0.25) is 15.2 Å². The molecule has 0 aliphatic carbocycles. The summed E-state index contributed by atoms with van der Waals surface area (Å²) in [7, 11) is -7.16. The van der Waals surface area contributed by atoms with Crippen molar-refractivity contribution in [2.24, 2.45) is 27.9 Å². The van der Waals surface area contributed by atoms with Gasteiger partial charge in [-0.1, -0.05) is 34.8 Å². The zero-order valence-corrected chi connectivity index (χ0v) is 42.9. The summed E-state index contributed by atoms with van der Waals surface area (Å²) < 4.78 is 55.3. The van der Waals surface area contributed by atoms with E-state index < -0.39 is 20.0 Å². The summed E-state index contributed by atoms with van der Waals surface area (Å²) in [4.78, 5) is 43.5. The SMILES string of the molecule is Cc1cn2nc([C@@H]3CCCCN3C(=O)c3cc(Cl)ccc3NS(C)(=O)=O)cc2nc1Cl.Cc1cn2nc([C@@H]3CCCCN3C(=O)c3cc(Cl)ccc3NS(C)(=O)=O)cc2nc1N=C(N)N.Cl.N=C(N)N. The van der Waals surface area contributed by atoms with E-state index in [9.17, 15) is 26.4 Å². The largest absolute Gasteiger partial charge is 0.370 e. The number of nitrogens with one attached hydrogen (secondary N) is 3. The third-order valence-electron chi connectivity index (χ3n) is 10.7. The van der Waals surface area contributed by atoms with E-state index in [1.54, 1.807) is 43.4 Å². The number of guanidine groups is 2. The van der Waals surface area contributed by atoms with Crippen LogP contribution in [-0.4, -0.2) is 105 Å². The van der Waals surface area contributed by atoms with Crippen molar-refractivity contribution in [1.82, 2.24) is 39.0 Å². The number of aryl methyl sites for hydroxylation is 2. The lowest BCUT2D eigenvalue weighted by molar-refractivity contribution is 0.0600. The Bertz CT molecular complexity index is 3160. The number of halogens is 4. The lowest BCUT2D eigenvalue weighted by Crippen LogP contribution is -2.39. The van der Waals surface area contributed by atoms with E-state index in [0.29, 0.717) is 63.2 Å². The minimum atomic E-state index is -3.59. The van der Waals surface area contributed by atoms with E-state index in [-0.39, 0.29) is 70.7 Å². The van der Waals surface area contributed by atoms with Gasteiger partial charge >= 0.3 is 0 Å². The van der Waals surface area contributed by atoms with Crippen molar-refractivity contribution in [1.29, 1.82) is 5.41 Å². The molecule has 2 fully saturated rings. The summed E-state index contributed by atoms with van der Waals surface area (Å²) in [6, 6.07) is 12.0. The number of sulfonamides is 2. The number of fused-ring (bicyclic) bond motifs is 2. The molecule has 6 aromatic rings. The highest BCUT2D eigenvalue weighted by Gasteiger charge is 2.34. The molecule has 2 atom stereocenters. The zero-order chi connectivity index (χ0) is 50.5. The fraction of sp³-hybridized carbons (Fsp3) is 0.333. The predicted molar refractivity (Wildman–Crippen MR) is 274 cm³/mol. The van der Waals surface area contributed by atoms with Crippen molar-refractivity contribution in [3.8, 4) is 0 Å². The highest BCUT2D eigenvalue weighted by atomic mass is 35.5. The van der Waals surface area contributed by atoms with Gasteiger partial charge in [-0.3, -0.25) is 24.4 Å². The Morgan fingerprint density at radius 3 is 1.51 bits per heavy atom. The van der Waals surface area contributed by atoms with Crippen LogP contribution in [0.15, 0.2) is 65.9 Å². The van der Waals surface area contributed by atoms with Crippen molar-refractivity contribution in [3.05, 3.63) is 110 Å². The van der Waals surface area contributed by atoms with E-state index in [4.69, 9.17) is 51.7 Å². The standard InChI is InChI=1S/C21H25ClN8O3S.C20H21Cl2N5O3S.CH5N3.ClH/c1-12-11-30-18(25-19(12)26-21(23)24)10-16(27-30)17-5-3-4-8-29(17)20(31)14-9-13(22)6-7-15(14)28-34(2,32)33;1-12-11-27-18(23-19(12)22)10-16(24-27)17-5-3-4-8-26(17)20(28)14-9-13(21)6-7-15(14)25-31(2,29)30;2-1(3)4;/h6-7,9-11,17,28H,3-5,8H2,1-2H3,(H4,23,24,25,26);6-7,9-11,17,25H,3-5,8H2,1-2H3;(H5,2,3,4);1H/t2*17-;;/m00../s1. The average molecular weight is 1080 g/mol. The number of carbonyl (C=O) groups excluding carboxylic acids is 2. The first-order valence-corrected chi connectivity index (χ1v) is 26.0. The van der Waals surface area contributed by atoms with E-state index >= 15 is 0 Å². The number of rotatable bonds is 9. The summed E-state index contributed by atoms with van der Waals surface area (Å²) in [5.74, 6) is -0.673. The first kappa shape index (κ1) is 54.8. The number of likely N-dealkylation sites (tertiary alicyclic amines) is 2. The summed E-state index contributed by atoms with van der Waals surface area (Å²) in [5.41, 5.74) is 24.7. The average Bonchev–Trinajstić information content (AvgIpc) is 3.87. The van der Waals surface area contributed by atoms with Gasteiger partial charge in [-0.05, 0) is 88.8 Å². The molecule has 2 saturated heterocycles. The number of benzene rings is 2. The maximum absolute atomic E-state index is 13.6. The molecule has 0 saturated carbocycles. The highest BCUT2D eigenvalue weighted by Crippen LogP contribution is 2.36. The van der Waals surface area contributed by atoms with Crippen LogP contribution in [0.5, 0.6) is 0 Å². The Labute approximate surface area is 425 Å². The second kappa shape index (κ2) is 22.7. The Balaban J connectivity index is 0.000000240. The van der Waals surface area contributed by atoms with Crippen LogP contribution in [0.25, 0.3) is 11.3 Å². The number of carbonyl (C=O) groups is 2. The van der Waals surface area contributed by atoms with E-state index in [1.807, 2.05) is 19.9 Å². The van der Waals surface area contributed by atoms with Crippen molar-refractivity contribution < 1.29 is 26.4 Å². The number of hydrogen-bond acceptors (Lipinski definition) is 12. The molecule has 2 aromatic carbocycles. The number of aromatic nitrogens is 6. The number of anilines is 2. The predicted octanol–water partition coefficient (Wildman–Crippen LogP) is 5.68. The van der Waals surface area contributed by atoms with Gasteiger partial charge < -0.3 is 32.7 Å². The number of aliphatic imine (C=N–C) groups is 1. The Kier molecular flexibility index (Phi) is 17.8. The van der Waals surface area contributed by atoms with E-state index in [1.165, 1.54) is 30.3 Å². The lowest BCUT2D eigenvalue weighted by atomic mass is 9.98. The summed E-state index contributed by atoms with van der Waals surface area (Å²) in [5, 5.41) is 16.4. The van der Waals surface area contributed by atoms with Crippen molar-refractivity contribution in [2.75, 3.05) is 35.0 Å². The maximum Gasteiger partial charge on any atom is 0.256 e. The Hall–Kier alpha value is -6.18.